The third kappa shape index (κ3) is 6.50. The van der Waals surface area contributed by atoms with Crippen molar-refractivity contribution in [3.8, 4) is 11.3 Å². The number of nitrogens with one attached hydrogen (secondary N) is 1. The lowest BCUT2D eigenvalue weighted by molar-refractivity contribution is 0.0951. The van der Waals surface area contributed by atoms with Crippen LogP contribution in [-0.4, -0.2) is 59.6 Å². The molecule has 2 aromatic heterocycles. The van der Waals surface area contributed by atoms with E-state index >= 15 is 0 Å². The van der Waals surface area contributed by atoms with Crippen molar-refractivity contribution in [1.82, 2.24) is 19.8 Å². The van der Waals surface area contributed by atoms with Gasteiger partial charge in [-0.05, 0) is 43.7 Å². The number of halogens is 2. The maximum Gasteiger partial charge on any atom is 0.253 e. The fraction of sp³-hybridized carbons (Fsp3) is 0.360. The van der Waals surface area contributed by atoms with E-state index in [1.807, 2.05) is 50.6 Å². The quantitative estimate of drug-likeness (QED) is 0.505. The molecular weight excluding hydrogens is 457 g/mol. The number of anilines is 1. The molecular formula is C25H33Cl2N5O. The van der Waals surface area contributed by atoms with Crippen LogP contribution in [0.4, 0.5) is 5.69 Å². The number of piperazine rings is 1. The van der Waals surface area contributed by atoms with Crippen LogP contribution in [0, 0.1) is 6.92 Å². The van der Waals surface area contributed by atoms with Crippen LogP contribution in [-0.2, 0) is 7.05 Å². The molecule has 1 aromatic carbocycles. The maximum absolute atomic E-state index is 12.8. The Morgan fingerprint density at radius 2 is 1.67 bits per heavy atom. The van der Waals surface area contributed by atoms with Crippen LogP contribution in [0.3, 0.4) is 0 Å². The van der Waals surface area contributed by atoms with Gasteiger partial charge in [-0.2, -0.15) is 0 Å². The number of carbonyl (C=O) groups is 1. The van der Waals surface area contributed by atoms with Gasteiger partial charge in [-0.15, -0.1) is 24.8 Å². The smallest absolute Gasteiger partial charge is 0.253 e. The zero-order valence-corrected chi connectivity index (χ0v) is 20.9. The third-order valence-electron chi connectivity index (χ3n) is 6.19. The van der Waals surface area contributed by atoms with Crippen molar-refractivity contribution in [1.29, 1.82) is 0 Å². The predicted molar refractivity (Wildman–Crippen MR) is 140 cm³/mol. The van der Waals surface area contributed by atoms with Crippen molar-refractivity contribution < 1.29 is 4.79 Å². The summed E-state index contributed by atoms with van der Waals surface area (Å²) >= 11 is 0. The van der Waals surface area contributed by atoms with Crippen molar-refractivity contribution in [2.24, 2.45) is 7.05 Å². The summed E-state index contributed by atoms with van der Waals surface area (Å²) in [7, 11) is 2.01. The first kappa shape index (κ1) is 26.7. The van der Waals surface area contributed by atoms with E-state index < -0.39 is 0 Å². The molecule has 1 N–H and O–H groups in total. The molecule has 6 nitrogen and oxygen atoms in total. The molecule has 1 fully saturated rings. The molecule has 0 radical (unpaired) electrons. The molecule has 3 heterocycles. The summed E-state index contributed by atoms with van der Waals surface area (Å²) in [4.78, 5) is 21.7. The average Bonchev–Trinajstić information content (AvgIpc) is 3.12. The summed E-state index contributed by atoms with van der Waals surface area (Å²) in [6.07, 6.45) is 4.65. The molecule has 1 aliphatic rings. The number of nitrogens with zero attached hydrogens (tertiary/aromatic N) is 4. The van der Waals surface area contributed by atoms with Gasteiger partial charge in [-0.3, -0.25) is 14.7 Å². The monoisotopic (exact) mass is 489 g/mol. The molecule has 0 saturated carbocycles. The Balaban J connectivity index is 0.00000193. The number of aromatic nitrogens is 2. The molecule has 0 atom stereocenters. The largest absolute Gasteiger partial charge is 0.369 e. The maximum atomic E-state index is 12.8. The molecule has 0 spiro atoms. The van der Waals surface area contributed by atoms with E-state index in [4.69, 9.17) is 0 Å². The highest BCUT2D eigenvalue weighted by atomic mass is 35.5. The van der Waals surface area contributed by atoms with E-state index in [0.29, 0.717) is 6.54 Å². The number of carbonyl (C=O) groups excluding carboxylic acids is 1. The van der Waals surface area contributed by atoms with Gasteiger partial charge in [0.05, 0.1) is 5.56 Å². The minimum Gasteiger partial charge on any atom is -0.369 e. The van der Waals surface area contributed by atoms with Gasteiger partial charge in [0.1, 0.15) is 0 Å². The average molecular weight is 490 g/mol. The van der Waals surface area contributed by atoms with Gasteiger partial charge < -0.3 is 14.8 Å². The van der Waals surface area contributed by atoms with E-state index in [-0.39, 0.29) is 30.7 Å². The zero-order valence-electron chi connectivity index (χ0n) is 19.2. The van der Waals surface area contributed by atoms with Crippen molar-refractivity contribution in [2.75, 3.05) is 44.2 Å². The summed E-state index contributed by atoms with van der Waals surface area (Å²) in [6.45, 7) is 7.86. The van der Waals surface area contributed by atoms with Gasteiger partial charge in [-0.25, -0.2) is 0 Å². The van der Waals surface area contributed by atoms with Crippen LogP contribution in [0.25, 0.3) is 11.3 Å². The summed E-state index contributed by atoms with van der Waals surface area (Å²) in [5, 5.41) is 3.11. The minimum atomic E-state index is 0. The molecule has 178 valence electrons. The molecule has 0 unspecified atom stereocenters. The van der Waals surface area contributed by atoms with E-state index in [2.05, 4.69) is 48.9 Å². The third-order valence-corrected chi connectivity index (χ3v) is 6.19. The van der Waals surface area contributed by atoms with Crippen molar-refractivity contribution in [2.45, 2.75) is 13.3 Å². The van der Waals surface area contributed by atoms with Crippen molar-refractivity contribution in [3.05, 3.63) is 72.2 Å². The number of hydrogen-bond acceptors (Lipinski definition) is 4. The Hall–Kier alpha value is -2.54. The molecule has 4 rings (SSSR count). The standard InChI is InChI=1S/C25H31N5O.2ClH/c1-20-23(19-24(28(20)2)21-7-4-3-5-8-21)25(31)27-11-6-14-29-15-17-30(18-16-29)22-9-12-26-13-10-22;;/h3-5,7-10,12-13,19H,6,11,14-18H2,1-2H3,(H,27,31);2*1H. The lowest BCUT2D eigenvalue weighted by Gasteiger charge is -2.36. The van der Waals surface area contributed by atoms with Crippen LogP contribution in [0.15, 0.2) is 60.9 Å². The SMILES string of the molecule is Cc1c(C(=O)NCCCN2CCN(c3ccncc3)CC2)cc(-c2ccccc2)n1C.Cl.Cl. The van der Waals surface area contributed by atoms with Crippen molar-refractivity contribution >= 4 is 36.4 Å². The first-order chi connectivity index (χ1) is 15.1. The number of hydrogen-bond donors (Lipinski definition) is 1. The number of amides is 1. The van der Waals surface area contributed by atoms with Gasteiger partial charge >= 0.3 is 0 Å². The van der Waals surface area contributed by atoms with Crippen LogP contribution in [0.5, 0.6) is 0 Å². The van der Waals surface area contributed by atoms with Gasteiger partial charge in [0.25, 0.3) is 5.91 Å². The Kier molecular flexibility index (Phi) is 10.2. The number of rotatable bonds is 7. The van der Waals surface area contributed by atoms with Crippen LogP contribution in [0.1, 0.15) is 22.5 Å². The molecule has 1 amide bonds. The first-order valence-corrected chi connectivity index (χ1v) is 11.0. The summed E-state index contributed by atoms with van der Waals surface area (Å²) in [6, 6.07) is 16.3. The molecule has 0 aliphatic carbocycles. The first-order valence-electron chi connectivity index (χ1n) is 11.0. The second-order valence-electron chi connectivity index (χ2n) is 8.10. The van der Waals surface area contributed by atoms with E-state index in [0.717, 1.165) is 61.7 Å². The van der Waals surface area contributed by atoms with Gasteiger partial charge in [0.15, 0.2) is 0 Å². The van der Waals surface area contributed by atoms with Gasteiger partial charge in [-0.1, -0.05) is 30.3 Å². The topological polar surface area (TPSA) is 53.4 Å². The lowest BCUT2D eigenvalue weighted by Crippen LogP contribution is -2.47. The van der Waals surface area contributed by atoms with E-state index in [9.17, 15) is 4.79 Å². The molecule has 33 heavy (non-hydrogen) atoms. The van der Waals surface area contributed by atoms with Gasteiger partial charge in [0.2, 0.25) is 0 Å². The van der Waals surface area contributed by atoms with Crippen LogP contribution >= 0.6 is 24.8 Å². The molecule has 0 bridgehead atoms. The van der Waals surface area contributed by atoms with E-state index in [1.165, 1.54) is 5.69 Å². The van der Waals surface area contributed by atoms with E-state index in [1.54, 1.807) is 0 Å². The zero-order chi connectivity index (χ0) is 21.6. The summed E-state index contributed by atoms with van der Waals surface area (Å²) < 4.78 is 2.09. The number of pyridine rings is 1. The Bertz CT molecular complexity index is 1000. The fourth-order valence-corrected chi connectivity index (χ4v) is 4.20. The highest BCUT2D eigenvalue weighted by molar-refractivity contribution is 5.97. The summed E-state index contributed by atoms with van der Waals surface area (Å²) in [5.74, 6) is 0.0118. The molecule has 8 heteroatoms. The summed E-state index contributed by atoms with van der Waals surface area (Å²) in [5.41, 5.74) is 5.18. The predicted octanol–water partition coefficient (Wildman–Crippen LogP) is 4.18. The van der Waals surface area contributed by atoms with Crippen molar-refractivity contribution in [3.63, 3.8) is 0 Å². The highest BCUT2D eigenvalue weighted by Crippen LogP contribution is 2.24. The Morgan fingerprint density at radius 1 is 1.00 bits per heavy atom. The van der Waals surface area contributed by atoms with Crippen LogP contribution < -0.4 is 10.2 Å². The molecule has 3 aromatic rings. The minimum absolute atomic E-state index is 0. The number of benzene rings is 1. The Labute approximate surface area is 208 Å². The second-order valence-corrected chi connectivity index (χ2v) is 8.10. The van der Waals surface area contributed by atoms with Gasteiger partial charge in [0, 0.05) is 69.2 Å². The fourth-order valence-electron chi connectivity index (χ4n) is 4.20. The van der Waals surface area contributed by atoms with Crippen LogP contribution in [0.2, 0.25) is 0 Å². The lowest BCUT2D eigenvalue weighted by atomic mass is 10.1. The Morgan fingerprint density at radius 3 is 2.33 bits per heavy atom. The molecule has 1 saturated heterocycles. The molecule has 1 aliphatic heterocycles. The highest BCUT2D eigenvalue weighted by Gasteiger charge is 2.18. The second kappa shape index (κ2) is 12.6. The normalized spacial score (nSPS) is 13.7.